The molecule has 0 saturated heterocycles. The van der Waals surface area contributed by atoms with Crippen LogP contribution in [0.5, 0.6) is 0 Å². The van der Waals surface area contributed by atoms with Crippen molar-refractivity contribution < 1.29 is 26.2 Å². The molecule has 0 fully saturated rings. The zero-order valence-electron chi connectivity index (χ0n) is 19.0. The Bertz CT molecular complexity index is 866. The van der Waals surface area contributed by atoms with Crippen molar-refractivity contribution in [3.8, 4) is 0 Å². The monoisotopic (exact) mass is 518 g/mol. The van der Waals surface area contributed by atoms with Gasteiger partial charge in [0.15, 0.2) is 0 Å². The molecule has 158 valence electrons. The van der Waals surface area contributed by atoms with Gasteiger partial charge in [0.1, 0.15) is 16.5 Å². The molecule has 0 radical (unpaired) electrons. The van der Waals surface area contributed by atoms with E-state index in [0.717, 1.165) is 12.8 Å². The van der Waals surface area contributed by atoms with E-state index in [0.29, 0.717) is 0 Å². The molecule has 5 heteroatoms. The van der Waals surface area contributed by atoms with Crippen LogP contribution in [0.15, 0.2) is 95.4 Å². The maximum Gasteiger partial charge on any atom is 2.00 e. The van der Waals surface area contributed by atoms with Gasteiger partial charge >= 0.3 is 26.2 Å². The summed E-state index contributed by atoms with van der Waals surface area (Å²) in [5, 5.41) is 2.76. The Morgan fingerprint density at radius 1 is 0.613 bits per heavy atom. The van der Waals surface area contributed by atoms with Crippen molar-refractivity contribution in [3.63, 3.8) is 0 Å². The molecule has 0 bridgehead atoms. The third kappa shape index (κ3) is 7.75. The predicted octanol–water partition coefficient (Wildman–Crippen LogP) is 7.06. The minimum atomic E-state index is -1.54. The van der Waals surface area contributed by atoms with Gasteiger partial charge in [0.25, 0.3) is 0 Å². The van der Waals surface area contributed by atoms with Crippen molar-refractivity contribution in [1.29, 1.82) is 0 Å². The number of nitrogens with one attached hydrogen (secondary N) is 2. The van der Waals surface area contributed by atoms with Gasteiger partial charge in [-0.3, -0.25) is 12.2 Å². The average molecular weight is 520 g/mol. The van der Waals surface area contributed by atoms with E-state index in [1.807, 2.05) is 12.1 Å². The molecular weight excluding hydrogens is 488 g/mol. The van der Waals surface area contributed by atoms with Crippen LogP contribution in [0.4, 0.5) is 11.4 Å². The van der Waals surface area contributed by atoms with Crippen molar-refractivity contribution in [2.75, 3.05) is 9.96 Å². The van der Waals surface area contributed by atoms with E-state index in [4.69, 9.17) is 0 Å². The Morgan fingerprint density at radius 2 is 0.968 bits per heavy atom. The fraction of sp³-hybridized carbons (Fsp3) is 0.231. The van der Waals surface area contributed by atoms with Crippen molar-refractivity contribution in [2.45, 2.75) is 39.0 Å². The first-order chi connectivity index (χ1) is 14.4. The number of hydrogen-bond donors (Lipinski definition) is 2. The molecule has 2 aliphatic carbocycles. The minimum Gasteiger partial charge on any atom is -0.409 e. The molecule has 2 nitrogen and oxygen atoms in total. The van der Waals surface area contributed by atoms with Gasteiger partial charge in [-0.25, -0.2) is 22.5 Å². The van der Waals surface area contributed by atoms with E-state index in [2.05, 4.69) is 121 Å². The fourth-order valence-electron chi connectivity index (χ4n) is 3.57. The third-order valence-corrected chi connectivity index (χ3v) is 10.4. The van der Waals surface area contributed by atoms with E-state index in [9.17, 15) is 0 Å². The maximum absolute atomic E-state index is 3.65. The number of hydrogen-bond acceptors (Lipinski definition) is 2. The van der Waals surface area contributed by atoms with Crippen LogP contribution in [0.25, 0.3) is 0 Å². The van der Waals surface area contributed by atoms with E-state index >= 15 is 0 Å². The first-order valence-corrected chi connectivity index (χ1v) is 16.6. The van der Waals surface area contributed by atoms with Crippen molar-refractivity contribution in [2.24, 2.45) is 0 Å². The Labute approximate surface area is 209 Å². The fourth-order valence-corrected chi connectivity index (χ4v) is 7.77. The molecule has 0 atom stereocenters. The van der Waals surface area contributed by atoms with Crippen molar-refractivity contribution in [1.82, 2.24) is 0 Å². The second-order valence-corrected chi connectivity index (χ2v) is 16.7. The Balaban J connectivity index is 0.000000213. The Hall–Kier alpha value is -1.68. The van der Waals surface area contributed by atoms with Gasteiger partial charge in [0, 0.05) is 11.4 Å². The van der Waals surface area contributed by atoms with Gasteiger partial charge in [-0.1, -0.05) is 36.4 Å². The van der Waals surface area contributed by atoms with Crippen LogP contribution in [-0.4, -0.2) is 16.5 Å². The largest absolute Gasteiger partial charge is 2.00 e. The molecule has 2 aliphatic rings. The summed E-state index contributed by atoms with van der Waals surface area (Å²) in [5.41, 5.74) is 2.42. The standard InChI is InChI=1S/2C13H16NSi.Zr/c2*1-15(2,13-10-6-7-11-13)14-12-8-4-3-5-9-12;/h2*3-6,8-10,14H,7H2,1-2H3;/q2*-1;+2. The van der Waals surface area contributed by atoms with Crippen LogP contribution in [0.2, 0.25) is 26.2 Å². The molecule has 0 aromatic heterocycles. The molecule has 0 unspecified atom stereocenters. The van der Waals surface area contributed by atoms with E-state index < -0.39 is 16.5 Å². The van der Waals surface area contributed by atoms with Crippen LogP contribution in [0.3, 0.4) is 0 Å². The van der Waals surface area contributed by atoms with Crippen LogP contribution in [0, 0.1) is 12.2 Å². The number of para-hydroxylation sites is 2. The van der Waals surface area contributed by atoms with Crippen LogP contribution in [-0.2, 0) is 26.2 Å². The van der Waals surface area contributed by atoms with Gasteiger partial charge in [0.2, 0.25) is 0 Å². The molecule has 0 spiro atoms. The SMILES string of the molecule is C[Si](C)(Nc1ccccc1)C1=[C-]CC=C1.C[Si](C)(Nc1ccccc1)C1=[C-]CC=C1.[Zr+2]. The summed E-state index contributed by atoms with van der Waals surface area (Å²) in [5.74, 6) is 0. The summed E-state index contributed by atoms with van der Waals surface area (Å²) < 4.78 is 0. The summed E-state index contributed by atoms with van der Waals surface area (Å²) >= 11 is 0. The molecule has 0 saturated carbocycles. The predicted molar refractivity (Wildman–Crippen MR) is 136 cm³/mol. The van der Waals surface area contributed by atoms with E-state index in [-0.39, 0.29) is 26.2 Å². The number of rotatable bonds is 6. The molecule has 2 aromatic rings. The van der Waals surface area contributed by atoms with Crippen LogP contribution in [0.1, 0.15) is 12.8 Å². The molecule has 0 heterocycles. The molecule has 31 heavy (non-hydrogen) atoms. The van der Waals surface area contributed by atoms with Gasteiger partial charge in [0.05, 0.1) is 0 Å². The number of allylic oxidation sites excluding steroid dienone is 8. The zero-order chi connectivity index (χ0) is 21.5. The topological polar surface area (TPSA) is 24.1 Å². The summed E-state index contributed by atoms with van der Waals surface area (Å²) in [6, 6.07) is 20.8. The zero-order valence-corrected chi connectivity index (χ0v) is 23.5. The third-order valence-electron chi connectivity index (χ3n) is 5.20. The molecular formula is C26H32N2Si2Zr. The summed E-state index contributed by atoms with van der Waals surface area (Å²) in [4.78, 5) is 7.30. The van der Waals surface area contributed by atoms with Crippen molar-refractivity contribution >= 4 is 27.8 Å². The normalized spacial score (nSPS) is 14.7. The van der Waals surface area contributed by atoms with Gasteiger partial charge < -0.3 is 9.96 Å². The molecule has 0 aliphatic heterocycles. The minimum absolute atomic E-state index is 0. The maximum atomic E-state index is 3.65. The number of anilines is 2. The average Bonchev–Trinajstić information content (AvgIpc) is 3.44. The van der Waals surface area contributed by atoms with Crippen LogP contribution >= 0.6 is 0 Å². The van der Waals surface area contributed by atoms with Crippen molar-refractivity contribution in [3.05, 3.63) is 108 Å². The number of benzene rings is 2. The second kappa shape index (κ2) is 11.8. The summed E-state index contributed by atoms with van der Waals surface area (Å²) in [6.07, 6.45) is 17.6. The first kappa shape index (κ1) is 25.6. The van der Waals surface area contributed by atoms with Crippen LogP contribution < -0.4 is 9.96 Å². The van der Waals surface area contributed by atoms with Gasteiger partial charge in [-0.2, -0.15) is 12.2 Å². The first-order valence-electron chi connectivity index (χ1n) is 10.6. The summed E-state index contributed by atoms with van der Waals surface area (Å²) in [6.45, 7) is 9.27. The Morgan fingerprint density at radius 3 is 1.26 bits per heavy atom. The molecule has 4 rings (SSSR count). The van der Waals surface area contributed by atoms with E-state index in [1.165, 1.54) is 21.8 Å². The summed E-state index contributed by atoms with van der Waals surface area (Å²) in [7, 11) is -3.08. The van der Waals surface area contributed by atoms with Gasteiger partial charge in [-0.15, -0.1) is 12.8 Å². The quantitative estimate of drug-likeness (QED) is 0.315. The Kier molecular flexibility index (Phi) is 9.74. The smallest absolute Gasteiger partial charge is 0.409 e. The van der Waals surface area contributed by atoms with E-state index in [1.54, 1.807) is 0 Å². The van der Waals surface area contributed by atoms with Gasteiger partial charge in [-0.05, 0) is 50.5 Å². The molecule has 0 amide bonds. The second-order valence-electron chi connectivity index (χ2n) is 8.63. The molecule has 2 N–H and O–H groups in total. The molecule has 2 aromatic carbocycles.